The molecule has 0 saturated carbocycles. The van der Waals surface area contributed by atoms with Gasteiger partial charge in [0.15, 0.2) is 5.96 Å². The van der Waals surface area contributed by atoms with Crippen LogP contribution in [0, 0.1) is 0 Å². The van der Waals surface area contributed by atoms with Crippen LogP contribution in [0.15, 0.2) is 10.4 Å². The molecule has 7 heteroatoms. The average molecular weight is 323 g/mol. The summed E-state index contributed by atoms with van der Waals surface area (Å²) in [7, 11) is 1.78. The molecule has 0 spiro atoms. The van der Waals surface area contributed by atoms with Gasteiger partial charge in [-0.1, -0.05) is 6.92 Å². The number of nitrogens with one attached hydrogen (secondary N) is 2. The quantitative estimate of drug-likeness (QED) is 0.649. The Morgan fingerprint density at radius 3 is 2.77 bits per heavy atom. The second-order valence-corrected chi connectivity index (χ2v) is 6.38. The van der Waals surface area contributed by atoms with Crippen molar-refractivity contribution in [1.29, 1.82) is 0 Å². The summed E-state index contributed by atoms with van der Waals surface area (Å²) in [5, 5.41) is 9.99. The molecular formula is C15H25N5OS. The van der Waals surface area contributed by atoms with Gasteiger partial charge in [0, 0.05) is 38.5 Å². The Labute approximate surface area is 136 Å². The minimum Gasteiger partial charge on any atom is -0.354 e. The van der Waals surface area contributed by atoms with E-state index in [2.05, 4.69) is 32.9 Å². The van der Waals surface area contributed by atoms with Crippen molar-refractivity contribution >= 4 is 23.2 Å². The number of carbonyl (C=O) groups is 1. The number of nitrogens with zero attached hydrogens (tertiary/aromatic N) is 3. The maximum atomic E-state index is 11.3. The summed E-state index contributed by atoms with van der Waals surface area (Å²) < 4.78 is 0. The van der Waals surface area contributed by atoms with Gasteiger partial charge in [0.25, 0.3) is 0 Å². The molecule has 6 nitrogen and oxygen atoms in total. The van der Waals surface area contributed by atoms with Crippen LogP contribution in [-0.4, -0.2) is 47.9 Å². The first-order chi connectivity index (χ1) is 10.6. The number of aromatic nitrogens is 1. The van der Waals surface area contributed by atoms with Crippen LogP contribution in [0.3, 0.4) is 0 Å². The molecule has 1 aromatic rings. The number of aryl methyl sites for hydroxylation is 1. The van der Waals surface area contributed by atoms with Crippen LogP contribution < -0.4 is 10.6 Å². The lowest BCUT2D eigenvalue weighted by molar-refractivity contribution is -0.129. The summed E-state index contributed by atoms with van der Waals surface area (Å²) in [5.74, 6) is 0.962. The lowest BCUT2D eigenvalue weighted by Gasteiger charge is -2.32. The molecule has 1 aliphatic rings. The van der Waals surface area contributed by atoms with E-state index in [0.29, 0.717) is 12.6 Å². The van der Waals surface area contributed by atoms with Gasteiger partial charge in [0.1, 0.15) is 0 Å². The van der Waals surface area contributed by atoms with Gasteiger partial charge < -0.3 is 15.5 Å². The summed E-state index contributed by atoms with van der Waals surface area (Å²) in [5.41, 5.74) is 1.05. The van der Waals surface area contributed by atoms with Crippen LogP contribution in [0.1, 0.15) is 37.4 Å². The van der Waals surface area contributed by atoms with E-state index in [-0.39, 0.29) is 5.91 Å². The number of hydrogen-bond donors (Lipinski definition) is 2. The Kier molecular flexibility index (Phi) is 6.18. The molecule has 2 N–H and O–H groups in total. The Morgan fingerprint density at radius 1 is 1.50 bits per heavy atom. The molecule has 1 amide bonds. The molecular weight excluding hydrogens is 298 g/mol. The van der Waals surface area contributed by atoms with Crippen molar-refractivity contribution in [3.63, 3.8) is 0 Å². The van der Waals surface area contributed by atoms with Crippen molar-refractivity contribution in [3.8, 4) is 0 Å². The molecule has 1 aromatic heterocycles. The van der Waals surface area contributed by atoms with Gasteiger partial charge in [-0.05, 0) is 19.3 Å². The summed E-state index contributed by atoms with van der Waals surface area (Å²) in [6, 6.07) is 0.364. The first-order valence-corrected chi connectivity index (χ1v) is 8.66. The largest absolute Gasteiger partial charge is 0.354 e. The highest BCUT2D eigenvalue weighted by Gasteiger charge is 2.21. The molecule has 0 aliphatic carbocycles. The van der Waals surface area contributed by atoms with E-state index < -0.39 is 0 Å². The maximum absolute atomic E-state index is 11.3. The van der Waals surface area contributed by atoms with E-state index in [1.54, 1.807) is 25.3 Å². The van der Waals surface area contributed by atoms with E-state index in [0.717, 1.165) is 49.0 Å². The van der Waals surface area contributed by atoms with Crippen LogP contribution in [0.25, 0.3) is 0 Å². The zero-order valence-corrected chi connectivity index (χ0v) is 14.4. The topological polar surface area (TPSA) is 69.6 Å². The van der Waals surface area contributed by atoms with E-state index in [1.165, 1.54) is 0 Å². The number of guanidine groups is 1. The van der Waals surface area contributed by atoms with Crippen LogP contribution >= 0.6 is 11.3 Å². The van der Waals surface area contributed by atoms with Gasteiger partial charge in [-0.25, -0.2) is 4.98 Å². The Morgan fingerprint density at radius 2 is 2.23 bits per heavy atom. The van der Waals surface area contributed by atoms with Gasteiger partial charge in [0.2, 0.25) is 5.91 Å². The minimum atomic E-state index is 0.163. The second-order valence-electron chi connectivity index (χ2n) is 5.44. The van der Waals surface area contributed by atoms with E-state index in [1.807, 2.05) is 4.90 Å². The fourth-order valence-corrected chi connectivity index (χ4v) is 3.24. The third kappa shape index (κ3) is 4.69. The van der Waals surface area contributed by atoms with Crippen molar-refractivity contribution in [2.24, 2.45) is 4.99 Å². The predicted molar refractivity (Wildman–Crippen MR) is 90.1 cm³/mol. The number of likely N-dealkylation sites (tertiary alicyclic amines) is 1. The molecule has 0 radical (unpaired) electrons. The first-order valence-electron chi connectivity index (χ1n) is 7.78. The third-order valence-corrected chi connectivity index (χ3v) is 4.89. The Balaban J connectivity index is 1.77. The standard InChI is InChI=1S/C15H25N5OS/c1-4-14-18-13(10-22-14)9-17-15(16-3)19-12-5-7-20(8-6-12)11(2)21/h10,12H,4-9H2,1-3H3,(H2,16,17,19). The van der Waals surface area contributed by atoms with Crippen molar-refractivity contribution < 1.29 is 4.79 Å². The second kappa shape index (κ2) is 8.12. The van der Waals surface area contributed by atoms with Crippen molar-refractivity contribution in [1.82, 2.24) is 20.5 Å². The summed E-state index contributed by atoms with van der Waals surface area (Å²) in [6.07, 6.45) is 2.89. The normalized spacial score (nSPS) is 16.7. The first kappa shape index (κ1) is 16.7. The van der Waals surface area contributed by atoms with Gasteiger partial charge in [0.05, 0.1) is 17.2 Å². The molecule has 2 heterocycles. The third-order valence-electron chi connectivity index (χ3n) is 3.84. The van der Waals surface area contributed by atoms with Crippen molar-refractivity contribution in [2.45, 2.75) is 45.7 Å². The van der Waals surface area contributed by atoms with Crippen LogP contribution in [-0.2, 0) is 17.8 Å². The molecule has 122 valence electrons. The molecule has 0 atom stereocenters. The Bertz CT molecular complexity index is 520. The smallest absolute Gasteiger partial charge is 0.219 e. The summed E-state index contributed by atoms with van der Waals surface area (Å²) in [4.78, 5) is 22.0. The average Bonchev–Trinajstić information content (AvgIpc) is 3.00. The number of aliphatic imine (C=N–C) groups is 1. The van der Waals surface area contributed by atoms with Gasteiger partial charge >= 0.3 is 0 Å². The van der Waals surface area contributed by atoms with Crippen LogP contribution in [0.2, 0.25) is 0 Å². The van der Waals surface area contributed by atoms with Crippen molar-refractivity contribution in [3.05, 3.63) is 16.1 Å². The molecule has 1 saturated heterocycles. The fourth-order valence-electron chi connectivity index (χ4n) is 2.49. The lowest BCUT2D eigenvalue weighted by atomic mass is 10.1. The zero-order valence-electron chi connectivity index (χ0n) is 13.6. The molecule has 2 rings (SSSR count). The van der Waals surface area contributed by atoms with Gasteiger partial charge in [-0.2, -0.15) is 0 Å². The van der Waals surface area contributed by atoms with E-state index in [9.17, 15) is 4.79 Å². The molecule has 0 unspecified atom stereocenters. The number of piperidine rings is 1. The van der Waals surface area contributed by atoms with E-state index >= 15 is 0 Å². The highest BCUT2D eigenvalue weighted by Crippen LogP contribution is 2.11. The number of rotatable bonds is 4. The fraction of sp³-hybridized carbons (Fsp3) is 0.667. The molecule has 0 aromatic carbocycles. The highest BCUT2D eigenvalue weighted by molar-refractivity contribution is 7.09. The van der Waals surface area contributed by atoms with Crippen molar-refractivity contribution in [2.75, 3.05) is 20.1 Å². The number of thiazole rings is 1. The van der Waals surface area contributed by atoms with Gasteiger partial charge in [-0.15, -0.1) is 11.3 Å². The molecule has 22 heavy (non-hydrogen) atoms. The number of amides is 1. The summed E-state index contributed by atoms with van der Waals surface area (Å²) in [6.45, 7) is 6.06. The Hall–Kier alpha value is -1.63. The maximum Gasteiger partial charge on any atom is 0.219 e. The monoisotopic (exact) mass is 323 g/mol. The minimum absolute atomic E-state index is 0.163. The van der Waals surface area contributed by atoms with Crippen LogP contribution in [0.5, 0.6) is 0 Å². The van der Waals surface area contributed by atoms with Gasteiger partial charge in [-0.3, -0.25) is 9.79 Å². The van der Waals surface area contributed by atoms with Crippen LogP contribution in [0.4, 0.5) is 0 Å². The molecule has 1 aliphatic heterocycles. The zero-order chi connectivity index (χ0) is 15.9. The highest BCUT2D eigenvalue weighted by atomic mass is 32.1. The SMILES string of the molecule is CCc1nc(CNC(=NC)NC2CCN(C(C)=O)CC2)cs1. The predicted octanol–water partition coefficient (Wildman–Crippen LogP) is 1.38. The molecule has 1 fully saturated rings. The van der Waals surface area contributed by atoms with E-state index in [4.69, 9.17) is 0 Å². The number of hydrogen-bond acceptors (Lipinski definition) is 4. The number of carbonyl (C=O) groups excluding carboxylic acids is 1. The molecule has 0 bridgehead atoms. The lowest BCUT2D eigenvalue weighted by Crippen LogP contribution is -2.49. The summed E-state index contributed by atoms with van der Waals surface area (Å²) >= 11 is 1.70.